The third-order valence-electron chi connectivity index (χ3n) is 3.61. The van der Waals surface area contributed by atoms with E-state index in [9.17, 15) is 4.39 Å². The van der Waals surface area contributed by atoms with Crippen LogP contribution in [0.4, 0.5) is 21.8 Å². The number of anilines is 3. The van der Waals surface area contributed by atoms with Gasteiger partial charge in [0.05, 0.1) is 12.8 Å². The van der Waals surface area contributed by atoms with Crippen molar-refractivity contribution in [1.82, 2.24) is 9.97 Å². The highest BCUT2D eigenvalue weighted by molar-refractivity contribution is 5.56. The Balaban J connectivity index is 1.71. The Labute approximate surface area is 145 Å². The molecule has 0 unspecified atom stereocenters. The van der Waals surface area contributed by atoms with Gasteiger partial charge in [0.15, 0.2) is 0 Å². The van der Waals surface area contributed by atoms with Crippen molar-refractivity contribution in [2.24, 2.45) is 0 Å². The van der Waals surface area contributed by atoms with Crippen molar-refractivity contribution in [3.8, 4) is 5.75 Å². The molecule has 25 heavy (non-hydrogen) atoms. The lowest BCUT2D eigenvalue weighted by Crippen LogP contribution is -2.06. The molecule has 0 spiro atoms. The average Bonchev–Trinajstić information content (AvgIpc) is 2.62. The molecule has 0 aliphatic heterocycles. The number of aromatic nitrogens is 2. The fourth-order valence-corrected chi connectivity index (χ4v) is 2.33. The Morgan fingerprint density at radius 2 is 1.80 bits per heavy atom. The zero-order valence-corrected chi connectivity index (χ0v) is 14.1. The molecule has 0 aliphatic carbocycles. The Kier molecular flexibility index (Phi) is 5.09. The van der Waals surface area contributed by atoms with Crippen LogP contribution in [0.15, 0.2) is 54.6 Å². The smallest absolute Gasteiger partial charge is 0.229 e. The topological polar surface area (TPSA) is 59.1 Å². The van der Waals surface area contributed by atoms with Gasteiger partial charge in [-0.15, -0.1) is 0 Å². The maximum Gasteiger partial charge on any atom is 0.229 e. The highest BCUT2D eigenvalue weighted by Gasteiger charge is 2.06. The number of ether oxygens (including phenoxy) is 1. The summed E-state index contributed by atoms with van der Waals surface area (Å²) in [5.41, 5.74) is 2.22. The lowest BCUT2D eigenvalue weighted by atomic mass is 10.2. The molecule has 1 aromatic heterocycles. The first kappa shape index (κ1) is 16.7. The molecular formula is C19H19FN4O. The second-order valence-electron chi connectivity index (χ2n) is 5.52. The van der Waals surface area contributed by atoms with Crippen LogP contribution in [0.3, 0.4) is 0 Å². The van der Waals surface area contributed by atoms with Crippen molar-refractivity contribution in [3.63, 3.8) is 0 Å². The van der Waals surface area contributed by atoms with Crippen LogP contribution >= 0.6 is 0 Å². The summed E-state index contributed by atoms with van der Waals surface area (Å²) < 4.78 is 18.9. The molecule has 128 valence electrons. The molecule has 1 heterocycles. The number of hydrogen-bond acceptors (Lipinski definition) is 5. The Bertz CT molecular complexity index is 852. The number of methoxy groups -OCH3 is 1. The first-order valence-electron chi connectivity index (χ1n) is 7.88. The first-order chi connectivity index (χ1) is 12.1. The summed E-state index contributed by atoms with van der Waals surface area (Å²) in [6.45, 7) is 2.48. The maximum atomic E-state index is 13.8. The van der Waals surface area contributed by atoms with Crippen molar-refractivity contribution in [2.75, 3.05) is 17.7 Å². The zero-order chi connectivity index (χ0) is 17.6. The van der Waals surface area contributed by atoms with Gasteiger partial charge in [-0.2, -0.15) is 4.98 Å². The molecule has 3 aromatic rings. The van der Waals surface area contributed by atoms with E-state index in [0.717, 1.165) is 17.0 Å². The normalized spacial score (nSPS) is 10.4. The van der Waals surface area contributed by atoms with Gasteiger partial charge in [0.2, 0.25) is 5.95 Å². The molecule has 0 aliphatic rings. The number of nitrogens with one attached hydrogen (secondary N) is 2. The fourth-order valence-electron chi connectivity index (χ4n) is 2.33. The largest absolute Gasteiger partial charge is 0.497 e. The van der Waals surface area contributed by atoms with Gasteiger partial charge in [-0.1, -0.05) is 24.3 Å². The van der Waals surface area contributed by atoms with Crippen molar-refractivity contribution < 1.29 is 9.13 Å². The van der Waals surface area contributed by atoms with E-state index >= 15 is 0 Å². The summed E-state index contributed by atoms with van der Waals surface area (Å²) in [7, 11) is 1.64. The molecule has 2 N–H and O–H groups in total. The monoisotopic (exact) mass is 338 g/mol. The molecule has 0 atom stereocenters. The van der Waals surface area contributed by atoms with Crippen molar-refractivity contribution >= 4 is 17.5 Å². The van der Waals surface area contributed by atoms with Crippen molar-refractivity contribution in [3.05, 3.63) is 71.7 Å². The van der Waals surface area contributed by atoms with E-state index in [1.807, 2.05) is 37.3 Å². The van der Waals surface area contributed by atoms with Gasteiger partial charge in [-0.3, -0.25) is 0 Å². The first-order valence-corrected chi connectivity index (χ1v) is 7.88. The second kappa shape index (κ2) is 7.61. The Morgan fingerprint density at radius 1 is 1.04 bits per heavy atom. The number of nitrogens with zero attached hydrogens (tertiary/aromatic N) is 2. The number of benzene rings is 2. The average molecular weight is 338 g/mol. The van der Waals surface area contributed by atoms with E-state index in [1.165, 1.54) is 6.07 Å². The third-order valence-corrected chi connectivity index (χ3v) is 3.61. The minimum absolute atomic E-state index is 0.342. The van der Waals surface area contributed by atoms with Gasteiger partial charge >= 0.3 is 0 Å². The van der Waals surface area contributed by atoms with Gasteiger partial charge in [0.1, 0.15) is 17.4 Å². The van der Waals surface area contributed by atoms with Crippen molar-refractivity contribution in [2.45, 2.75) is 13.5 Å². The van der Waals surface area contributed by atoms with E-state index < -0.39 is 0 Å². The molecule has 0 bridgehead atoms. The van der Waals surface area contributed by atoms with Gasteiger partial charge in [-0.05, 0) is 36.8 Å². The molecular weight excluding hydrogens is 319 g/mol. The summed E-state index contributed by atoms with van der Waals surface area (Å²) in [4.78, 5) is 8.70. The van der Waals surface area contributed by atoms with Crippen molar-refractivity contribution in [1.29, 1.82) is 0 Å². The highest BCUT2D eigenvalue weighted by Crippen LogP contribution is 2.19. The van der Waals surface area contributed by atoms with Gasteiger partial charge in [0.25, 0.3) is 0 Å². The summed E-state index contributed by atoms with van der Waals surface area (Å²) in [5.74, 6) is 1.49. The van der Waals surface area contributed by atoms with Crippen LogP contribution in [0.2, 0.25) is 0 Å². The van der Waals surface area contributed by atoms with Gasteiger partial charge in [-0.25, -0.2) is 9.37 Å². The predicted molar refractivity (Wildman–Crippen MR) is 96.8 cm³/mol. The van der Waals surface area contributed by atoms with E-state index in [1.54, 1.807) is 25.3 Å². The molecule has 5 nitrogen and oxygen atoms in total. The minimum atomic E-state index is -0.347. The lowest BCUT2D eigenvalue weighted by Gasteiger charge is -2.11. The van der Waals surface area contributed by atoms with E-state index in [0.29, 0.717) is 24.0 Å². The van der Waals surface area contributed by atoms with Crippen LogP contribution < -0.4 is 15.4 Å². The van der Waals surface area contributed by atoms with Gasteiger partial charge < -0.3 is 15.4 Å². The molecule has 0 saturated heterocycles. The van der Waals surface area contributed by atoms with Crippen LogP contribution in [0, 0.1) is 12.7 Å². The molecule has 0 saturated carbocycles. The van der Waals surface area contributed by atoms with E-state index in [2.05, 4.69) is 20.6 Å². The number of aryl methyl sites for hydroxylation is 1. The number of para-hydroxylation sites is 1. The Hall–Kier alpha value is -3.15. The summed E-state index contributed by atoms with van der Waals surface area (Å²) in [5, 5.41) is 6.17. The SMILES string of the molecule is COc1ccc(CNc2cc(C)nc(Nc3ccccc3F)n2)cc1. The molecule has 0 radical (unpaired) electrons. The van der Waals surface area contributed by atoms with Crippen LogP contribution in [-0.4, -0.2) is 17.1 Å². The fraction of sp³-hybridized carbons (Fsp3) is 0.158. The number of rotatable bonds is 6. The third kappa shape index (κ3) is 4.44. The number of halogens is 1. The quantitative estimate of drug-likeness (QED) is 0.702. The van der Waals surface area contributed by atoms with Gasteiger partial charge in [0, 0.05) is 18.3 Å². The van der Waals surface area contributed by atoms with Crippen LogP contribution in [0.25, 0.3) is 0 Å². The predicted octanol–water partition coefficient (Wildman–Crippen LogP) is 4.29. The Morgan fingerprint density at radius 3 is 2.52 bits per heavy atom. The van der Waals surface area contributed by atoms with E-state index in [4.69, 9.17) is 4.74 Å². The molecule has 0 amide bonds. The maximum absolute atomic E-state index is 13.8. The summed E-state index contributed by atoms with van der Waals surface area (Å²) in [6, 6.07) is 16.1. The molecule has 0 fully saturated rings. The summed E-state index contributed by atoms with van der Waals surface area (Å²) in [6.07, 6.45) is 0. The van der Waals surface area contributed by atoms with E-state index in [-0.39, 0.29) is 5.82 Å². The zero-order valence-electron chi connectivity index (χ0n) is 14.1. The highest BCUT2D eigenvalue weighted by atomic mass is 19.1. The number of hydrogen-bond donors (Lipinski definition) is 2. The lowest BCUT2D eigenvalue weighted by molar-refractivity contribution is 0.414. The van der Waals surface area contributed by atoms with Crippen LogP contribution in [-0.2, 0) is 6.54 Å². The molecule has 2 aromatic carbocycles. The van der Waals surface area contributed by atoms with Crippen LogP contribution in [0.1, 0.15) is 11.3 Å². The molecule has 3 rings (SSSR count). The second-order valence-corrected chi connectivity index (χ2v) is 5.52. The summed E-state index contributed by atoms with van der Waals surface area (Å²) >= 11 is 0. The van der Waals surface area contributed by atoms with Crippen LogP contribution in [0.5, 0.6) is 5.75 Å². The minimum Gasteiger partial charge on any atom is -0.497 e. The standard InChI is InChI=1S/C19H19FN4O/c1-13-11-18(21-12-14-7-9-15(25-2)10-8-14)24-19(22-13)23-17-6-4-3-5-16(17)20/h3-11H,12H2,1-2H3,(H2,21,22,23,24). The molecule has 6 heteroatoms.